The van der Waals surface area contributed by atoms with Crippen LogP contribution in [0.3, 0.4) is 0 Å². The van der Waals surface area contributed by atoms with E-state index in [1.54, 1.807) is 4.90 Å². The molecule has 0 bridgehead atoms. The fourth-order valence-electron chi connectivity index (χ4n) is 6.04. The number of carbonyl (C=O) groups excluding carboxylic acids is 1. The number of hydrogen-bond acceptors (Lipinski definition) is 8. The third-order valence-corrected chi connectivity index (χ3v) is 8.50. The number of halogens is 2. The van der Waals surface area contributed by atoms with Gasteiger partial charge in [0.05, 0.1) is 28.0 Å². The Kier molecular flexibility index (Phi) is 6.44. The van der Waals surface area contributed by atoms with Crippen LogP contribution in [-0.4, -0.2) is 61.0 Å². The second-order valence-corrected chi connectivity index (χ2v) is 11.5. The number of carbonyl (C=O) groups is 1. The molecule has 1 atom stereocenters. The van der Waals surface area contributed by atoms with Gasteiger partial charge in [-0.25, -0.2) is 33.1 Å². The molecule has 0 unspecified atom stereocenters. The zero-order chi connectivity index (χ0) is 30.0. The van der Waals surface area contributed by atoms with Crippen molar-refractivity contribution in [2.24, 2.45) is 0 Å². The van der Waals surface area contributed by atoms with Crippen LogP contribution in [-0.2, 0) is 4.79 Å². The summed E-state index contributed by atoms with van der Waals surface area (Å²) in [4.78, 5) is 48.3. The van der Waals surface area contributed by atoms with Gasteiger partial charge in [-0.05, 0) is 56.9 Å². The lowest BCUT2D eigenvalue weighted by Gasteiger charge is -2.40. The van der Waals surface area contributed by atoms with Crippen LogP contribution in [0.4, 0.5) is 20.3 Å². The first kappa shape index (κ1) is 27.1. The summed E-state index contributed by atoms with van der Waals surface area (Å²) in [6, 6.07) is 5.09. The molecule has 2 N–H and O–H groups in total. The van der Waals surface area contributed by atoms with E-state index in [1.807, 2.05) is 11.8 Å². The molecule has 1 aromatic carbocycles. The van der Waals surface area contributed by atoms with Gasteiger partial charge in [-0.2, -0.15) is 4.98 Å². The molecule has 0 spiro atoms. The third-order valence-electron chi connectivity index (χ3n) is 8.50. The standard InChI is InChI=1S/C31H30F2N8O2/c1-3-23(42)39-11-12-40(16(2)14-39)29-19-13-21(33)27(24-20(32)5-4-6-22(24)34)37-30(19)41(31(43)38-29)28-25(17-7-8-17)35-15-36-26(28)18-9-10-18/h3-6,13,15-18H,1,7-12,14,34H2,2H3/t16-/m0/s1. The summed E-state index contributed by atoms with van der Waals surface area (Å²) < 4.78 is 32.5. The van der Waals surface area contributed by atoms with Crippen LogP contribution in [0, 0.1) is 11.6 Å². The van der Waals surface area contributed by atoms with E-state index in [1.165, 1.54) is 41.2 Å². The van der Waals surface area contributed by atoms with Crippen molar-refractivity contribution < 1.29 is 13.6 Å². The minimum Gasteiger partial charge on any atom is -0.398 e. The van der Waals surface area contributed by atoms with Crippen LogP contribution >= 0.6 is 0 Å². The summed E-state index contributed by atoms with van der Waals surface area (Å²) in [6.45, 7) is 6.56. The zero-order valence-corrected chi connectivity index (χ0v) is 23.6. The number of aromatic nitrogens is 5. The average Bonchev–Trinajstić information content (AvgIpc) is 3.91. The van der Waals surface area contributed by atoms with Gasteiger partial charge in [0.15, 0.2) is 11.5 Å². The number of fused-ring (bicyclic) bond motifs is 1. The molecule has 12 heteroatoms. The van der Waals surface area contributed by atoms with Gasteiger partial charge >= 0.3 is 5.69 Å². The summed E-state index contributed by atoms with van der Waals surface area (Å²) in [5.74, 6) is -1.16. The molecule has 220 valence electrons. The smallest absolute Gasteiger partial charge is 0.355 e. The first-order valence-electron chi connectivity index (χ1n) is 14.5. The summed E-state index contributed by atoms with van der Waals surface area (Å²) >= 11 is 0. The molecule has 1 aliphatic heterocycles. The van der Waals surface area contributed by atoms with Crippen LogP contribution in [0.15, 0.2) is 48.0 Å². The maximum Gasteiger partial charge on any atom is 0.355 e. The van der Waals surface area contributed by atoms with Crippen molar-refractivity contribution in [3.63, 3.8) is 0 Å². The van der Waals surface area contributed by atoms with Gasteiger partial charge in [0, 0.05) is 43.2 Å². The normalized spacial score (nSPS) is 18.7. The molecule has 1 amide bonds. The minimum absolute atomic E-state index is 0.0194. The number of benzene rings is 1. The molecule has 43 heavy (non-hydrogen) atoms. The first-order chi connectivity index (χ1) is 20.8. The quantitative estimate of drug-likeness (QED) is 0.266. The summed E-state index contributed by atoms with van der Waals surface area (Å²) in [6.07, 6.45) is 6.51. The highest BCUT2D eigenvalue weighted by Crippen LogP contribution is 2.47. The highest BCUT2D eigenvalue weighted by molar-refractivity contribution is 5.92. The van der Waals surface area contributed by atoms with E-state index in [4.69, 9.17) is 5.73 Å². The molecular weight excluding hydrogens is 554 g/mol. The monoisotopic (exact) mass is 584 g/mol. The summed E-state index contributed by atoms with van der Waals surface area (Å²) in [5.41, 5.74) is 7.13. The maximum absolute atomic E-state index is 16.0. The number of anilines is 2. The van der Waals surface area contributed by atoms with Crippen molar-refractivity contribution in [3.8, 4) is 16.9 Å². The van der Waals surface area contributed by atoms with Crippen LogP contribution in [0.25, 0.3) is 28.0 Å². The Morgan fingerprint density at radius 3 is 2.35 bits per heavy atom. The largest absolute Gasteiger partial charge is 0.398 e. The Bertz CT molecular complexity index is 1820. The van der Waals surface area contributed by atoms with Gasteiger partial charge in [-0.1, -0.05) is 12.6 Å². The van der Waals surface area contributed by atoms with Crippen molar-refractivity contribution in [1.82, 2.24) is 29.4 Å². The van der Waals surface area contributed by atoms with Crippen molar-refractivity contribution >= 4 is 28.4 Å². The van der Waals surface area contributed by atoms with Gasteiger partial charge in [-0.3, -0.25) is 4.79 Å². The number of pyridine rings is 1. The SMILES string of the molecule is C=CC(=O)N1CCN(c2nc(=O)n(-c3c(C4CC4)ncnc3C3CC3)c3nc(-c4c(N)cccc4F)c(F)cc23)[C@@H](C)C1. The van der Waals surface area contributed by atoms with E-state index >= 15 is 8.78 Å². The van der Waals surface area contributed by atoms with Crippen LogP contribution in [0.5, 0.6) is 0 Å². The van der Waals surface area contributed by atoms with E-state index in [9.17, 15) is 9.59 Å². The molecule has 2 aliphatic carbocycles. The first-order valence-corrected chi connectivity index (χ1v) is 14.5. The van der Waals surface area contributed by atoms with Crippen molar-refractivity contribution in [2.45, 2.75) is 50.5 Å². The molecule has 1 saturated heterocycles. The van der Waals surface area contributed by atoms with Crippen LogP contribution < -0.4 is 16.3 Å². The van der Waals surface area contributed by atoms with Gasteiger partial charge < -0.3 is 15.5 Å². The number of nitrogens with zero attached hydrogens (tertiary/aromatic N) is 7. The maximum atomic E-state index is 16.0. The number of amides is 1. The number of nitrogen functional groups attached to an aromatic ring is 1. The third kappa shape index (κ3) is 4.61. The number of hydrogen-bond donors (Lipinski definition) is 1. The van der Waals surface area contributed by atoms with Gasteiger partial charge in [0.1, 0.15) is 23.7 Å². The highest BCUT2D eigenvalue weighted by atomic mass is 19.1. The Morgan fingerprint density at radius 1 is 1.05 bits per heavy atom. The molecule has 3 aromatic heterocycles. The molecule has 3 fully saturated rings. The Balaban J connectivity index is 1.50. The van der Waals surface area contributed by atoms with Crippen molar-refractivity contribution in [2.75, 3.05) is 30.3 Å². The average molecular weight is 585 g/mol. The minimum atomic E-state index is -0.806. The van der Waals surface area contributed by atoms with E-state index in [2.05, 4.69) is 26.5 Å². The fraction of sp³-hybridized carbons (Fsp3) is 0.355. The van der Waals surface area contributed by atoms with Crippen LogP contribution in [0.2, 0.25) is 0 Å². The predicted molar refractivity (Wildman–Crippen MR) is 158 cm³/mol. The Hall–Kier alpha value is -4.74. The van der Waals surface area contributed by atoms with Gasteiger partial charge in [-0.15, -0.1) is 0 Å². The number of piperazine rings is 1. The molecular formula is C31H30F2N8O2. The molecule has 0 radical (unpaired) electrons. The highest BCUT2D eigenvalue weighted by Gasteiger charge is 2.37. The zero-order valence-electron chi connectivity index (χ0n) is 23.6. The van der Waals surface area contributed by atoms with E-state index in [0.29, 0.717) is 25.3 Å². The van der Waals surface area contributed by atoms with Gasteiger partial charge in [0.25, 0.3) is 0 Å². The second-order valence-electron chi connectivity index (χ2n) is 11.5. The summed E-state index contributed by atoms with van der Waals surface area (Å²) in [7, 11) is 0. The van der Waals surface area contributed by atoms with Crippen molar-refractivity contribution in [3.05, 3.63) is 76.8 Å². The molecule has 4 aromatic rings. The topological polar surface area (TPSA) is 123 Å². The summed E-state index contributed by atoms with van der Waals surface area (Å²) in [5, 5.41) is 0.276. The fourth-order valence-corrected chi connectivity index (χ4v) is 6.04. The molecule has 10 nitrogen and oxygen atoms in total. The van der Waals surface area contributed by atoms with E-state index < -0.39 is 17.3 Å². The van der Waals surface area contributed by atoms with E-state index in [-0.39, 0.29) is 57.6 Å². The Labute approximate surface area is 245 Å². The van der Waals surface area contributed by atoms with Crippen LogP contribution in [0.1, 0.15) is 55.8 Å². The van der Waals surface area contributed by atoms with E-state index in [0.717, 1.165) is 37.1 Å². The number of nitrogens with two attached hydrogens (primary N) is 1. The lowest BCUT2D eigenvalue weighted by Crippen LogP contribution is -2.54. The molecule has 2 saturated carbocycles. The molecule has 3 aliphatic rings. The van der Waals surface area contributed by atoms with Gasteiger partial charge in [0.2, 0.25) is 5.91 Å². The Morgan fingerprint density at radius 2 is 1.74 bits per heavy atom. The van der Waals surface area contributed by atoms with Crippen molar-refractivity contribution in [1.29, 1.82) is 0 Å². The lowest BCUT2D eigenvalue weighted by atomic mass is 10.1. The molecule has 7 rings (SSSR count). The molecule has 4 heterocycles. The second kappa shape index (κ2) is 10.2. The predicted octanol–water partition coefficient (Wildman–Crippen LogP) is 4.08. The lowest BCUT2D eigenvalue weighted by molar-refractivity contribution is -0.126. The number of rotatable bonds is 6.